The van der Waals surface area contributed by atoms with Gasteiger partial charge in [0.2, 0.25) is 11.8 Å². The molecular weight excluding hydrogens is 326 g/mol. The minimum Gasteiger partial charge on any atom is -0.380 e. The standard InChI is InChI=1S/C17H21N3O3S/c1-9-4-5-24-15(9)12-7-13(12)17(21)20-8-11(22-3)6-14(20)16-18-10(2)19-23-16/h4-5,11-14H,6-8H2,1-3H3/t11-,12+,13+,14+/m0/s1. The maximum Gasteiger partial charge on any atom is 0.249 e. The van der Waals surface area contributed by atoms with Gasteiger partial charge in [0, 0.05) is 36.8 Å². The third kappa shape index (κ3) is 2.65. The predicted molar refractivity (Wildman–Crippen MR) is 88.8 cm³/mol. The summed E-state index contributed by atoms with van der Waals surface area (Å²) >= 11 is 1.75. The first-order valence-corrected chi connectivity index (χ1v) is 9.14. The zero-order chi connectivity index (χ0) is 16.8. The van der Waals surface area contributed by atoms with E-state index in [1.165, 1.54) is 10.4 Å². The fourth-order valence-electron chi connectivity index (χ4n) is 3.63. The molecule has 0 radical (unpaired) electrons. The van der Waals surface area contributed by atoms with Crippen molar-refractivity contribution in [3.05, 3.63) is 33.6 Å². The van der Waals surface area contributed by atoms with E-state index in [1.54, 1.807) is 25.4 Å². The predicted octanol–water partition coefficient (Wildman–Crippen LogP) is 2.84. The molecule has 3 heterocycles. The molecule has 24 heavy (non-hydrogen) atoms. The Balaban J connectivity index is 1.53. The highest BCUT2D eigenvalue weighted by atomic mass is 32.1. The Morgan fingerprint density at radius 1 is 1.42 bits per heavy atom. The van der Waals surface area contributed by atoms with E-state index in [9.17, 15) is 4.79 Å². The number of aromatic nitrogens is 2. The van der Waals surface area contributed by atoms with Gasteiger partial charge < -0.3 is 14.2 Å². The first kappa shape index (κ1) is 15.8. The van der Waals surface area contributed by atoms with Gasteiger partial charge in [-0.15, -0.1) is 11.3 Å². The molecule has 0 unspecified atom stereocenters. The van der Waals surface area contributed by atoms with E-state index in [-0.39, 0.29) is 24.0 Å². The normalized spacial score (nSPS) is 29.2. The van der Waals surface area contributed by atoms with E-state index in [0.29, 0.717) is 30.6 Å². The first-order chi connectivity index (χ1) is 11.6. The van der Waals surface area contributed by atoms with Gasteiger partial charge in [-0.3, -0.25) is 4.79 Å². The number of carbonyl (C=O) groups excluding carboxylic acids is 1. The van der Waals surface area contributed by atoms with Crippen LogP contribution in [0.15, 0.2) is 16.0 Å². The van der Waals surface area contributed by atoms with Crippen molar-refractivity contribution < 1.29 is 14.1 Å². The van der Waals surface area contributed by atoms with Gasteiger partial charge in [-0.1, -0.05) is 5.16 Å². The summed E-state index contributed by atoms with van der Waals surface area (Å²) in [7, 11) is 1.68. The van der Waals surface area contributed by atoms with Gasteiger partial charge in [0.25, 0.3) is 0 Å². The SMILES string of the molecule is CO[C@H]1C[C@H](c2nc(C)no2)N(C(=O)[C@@H]2C[C@H]2c2sccc2C)C1. The molecule has 6 nitrogen and oxygen atoms in total. The third-order valence-corrected chi connectivity index (χ3v) is 6.20. The average molecular weight is 347 g/mol. The van der Waals surface area contributed by atoms with E-state index in [1.807, 2.05) is 4.90 Å². The smallest absolute Gasteiger partial charge is 0.249 e. The summed E-state index contributed by atoms with van der Waals surface area (Å²) in [6.07, 6.45) is 1.66. The Kier molecular flexibility index (Phi) is 3.92. The maximum atomic E-state index is 13.1. The number of methoxy groups -OCH3 is 1. The summed E-state index contributed by atoms with van der Waals surface area (Å²) in [4.78, 5) is 20.6. The molecule has 1 aliphatic carbocycles. The molecule has 2 aromatic rings. The number of aryl methyl sites for hydroxylation is 2. The fraction of sp³-hybridized carbons (Fsp3) is 0.588. The van der Waals surface area contributed by atoms with Crippen molar-refractivity contribution in [2.75, 3.05) is 13.7 Å². The van der Waals surface area contributed by atoms with Crippen LogP contribution in [0, 0.1) is 19.8 Å². The van der Waals surface area contributed by atoms with Crippen molar-refractivity contribution in [2.24, 2.45) is 5.92 Å². The number of nitrogens with zero attached hydrogens (tertiary/aromatic N) is 3. The summed E-state index contributed by atoms with van der Waals surface area (Å²) in [5.74, 6) is 1.74. The number of hydrogen-bond donors (Lipinski definition) is 0. The maximum absolute atomic E-state index is 13.1. The molecule has 2 aliphatic rings. The lowest BCUT2D eigenvalue weighted by molar-refractivity contribution is -0.134. The molecule has 2 aromatic heterocycles. The molecular formula is C17H21N3O3S. The van der Waals surface area contributed by atoms with Crippen LogP contribution in [-0.4, -0.2) is 40.7 Å². The van der Waals surface area contributed by atoms with E-state index in [4.69, 9.17) is 9.26 Å². The first-order valence-electron chi connectivity index (χ1n) is 8.26. The Hall–Kier alpha value is -1.73. The van der Waals surface area contributed by atoms with Crippen molar-refractivity contribution >= 4 is 17.2 Å². The molecule has 0 N–H and O–H groups in total. The summed E-state index contributed by atoms with van der Waals surface area (Å²) in [6, 6.07) is 1.95. The number of ether oxygens (including phenoxy) is 1. The lowest BCUT2D eigenvalue weighted by Gasteiger charge is -2.21. The lowest BCUT2D eigenvalue weighted by Crippen LogP contribution is -2.33. The lowest BCUT2D eigenvalue weighted by atomic mass is 10.1. The van der Waals surface area contributed by atoms with Crippen LogP contribution < -0.4 is 0 Å². The molecule has 2 fully saturated rings. The zero-order valence-corrected chi connectivity index (χ0v) is 14.9. The number of rotatable bonds is 4. The van der Waals surface area contributed by atoms with Gasteiger partial charge in [0.1, 0.15) is 6.04 Å². The van der Waals surface area contributed by atoms with Crippen molar-refractivity contribution in [3.63, 3.8) is 0 Å². The van der Waals surface area contributed by atoms with E-state index in [2.05, 4.69) is 28.5 Å². The van der Waals surface area contributed by atoms with Crippen LogP contribution in [0.3, 0.4) is 0 Å². The minimum atomic E-state index is -0.172. The van der Waals surface area contributed by atoms with Gasteiger partial charge in [0.15, 0.2) is 5.82 Å². The highest BCUT2D eigenvalue weighted by Gasteiger charge is 2.50. The van der Waals surface area contributed by atoms with Crippen molar-refractivity contribution in [1.29, 1.82) is 0 Å². The molecule has 4 atom stereocenters. The van der Waals surface area contributed by atoms with Crippen LogP contribution in [0.2, 0.25) is 0 Å². The summed E-state index contributed by atoms with van der Waals surface area (Å²) in [5, 5.41) is 5.97. The van der Waals surface area contributed by atoms with E-state index in [0.717, 1.165) is 6.42 Å². The Labute approximate surface area is 144 Å². The van der Waals surface area contributed by atoms with Gasteiger partial charge in [-0.2, -0.15) is 4.98 Å². The van der Waals surface area contributed by atoms with E-state index < -0.39 is 0 Å². The van der Waals surface area contributed by atoms with Crippen LogP contribution in [0.5, 0.6) is 0 Å². The molecule has 4 rings (SSSR count). The molecule has 1 saturated heterocycles. The highest BCUT2D eigenvalue weighted by molar-refractivity contribution is 7.10. The van der Waals surface area contributed by atoms with Crippen LogP contribution >= 0.6 is 11.3 Å². The van der Waals surface area contributed by atoms with Crippen LogP contribution in [0.4, 0.5) is 0 Å². The molecule has 128 valence electrons. The van der Waals surface area contributed by atoms with Crippen molar-refractivity contribution in [2.45, 2.75) is 44.8 Å². The second-order valence-corrected chi connectivity index (χ2v) is 7.64. The Morgan fingerprint density at radius 3 is 2.88 bits per heavy atom. The van der Waals surface area contributed by atoms with Crippen LogP contribution in [0.25, 0.3) is 0 Å². The number of likely N-dealkylation sites (tertiary alicyclic amines) is 1. The Morgan fingerprint density at radius 2 is 2.25 bits per heavy atom. The second-order valence-electron chi connectivity index (χ2n) is 6.70. The molecule has 1 saturated carbocycles. The molecule has 7 heteroatoms. The largest absolute Gasteiger partial charge is 0.380 e. The molecule has 1 amide bonds. The fourth-order valence-corrected chi connectivity index (χ4v) is 4.74. The summed E-state index contributed by atoms with van der Waals surface area (Å²) in [6.45, 7) is 4.50. The number of amides is 1. The van der Waals surface area contributed by atoms with Gasteiger partial charge in [-0.05, 0) is 37.3 Å². The summed E-state index contributed by atoms with van der Waals surface area (Å²) in [5.41, 5.74) is 1.29. The molecule has 1 aliphatic heterocycles. The average Bonchev–Trinajstić information content (AvgIpc) is 2.92. The number of thiophene rings is 1. The number of carbonyl (C=O) groups is 1. The minimum absolute atomic E-state index is 0.0202. The topological polar surface area (TPSA) is 68.5 Å². The van der Waals surface area contributed by atoms with Gasteiger partial charge in [-0.25, -0.2) is 0 Å². The van der Waals surface area contributed by atoms with Crippen LogP contribution in [-0.2, 0) is 9.53 Å². The summed E-state index contributed by atoms with van der Waals surface area (Å²) < 4.78 is 10.8. The molecule has 0 bridgehead atoms. The van der Waals surface area contributed by atoms with Crippen molar-refractivity contribution in [1.82, 2.24) is 15.0 Å². The monoisotopic (exact) mass is 347 g/mol. The van der Waals surface area contributed by atoms with Gasteiger partial charge in [0.05, 0.1) is 6.10 Å². The molecule has 0 aromatic carbocycles. The quantitative estimate of drug-likeness (QED) is 0.851. The Bertz CT molecular complexity index is 756. The van der Waals surface area contributed by atoms with Crippen molar-refractivity contribution in [3.8, 4) is 0 Å². The number of hydrogen-bond acceptors (Lipinski definition) is 6. The third-order valence-electron chi connectivity index (χ3n) is 5.05. The molecule has 0 spiro atoms. The highest BCUT2D eigenvalue weighted by Crippen LogP contribution is 2.52. The van der Waals surface area contributed by atoms with Gasteiger partial charge >= 0.3 is 0 Å². The second kappa shape index (κ2) is 5.97. The van der Waals surface area contributed by atoms with E-state index >= 15 is 0 Å². The van der Waals surface area contributed by atoms with Crippen LogP contribution in [0.1, 0.15) is 47.0 Å². The zero-order valence-electron chi connectivity index (χ0n) is 14.1.